The number of hydrogen-bond acceptors (Lipinski definition) is 5. The van der Waals surface area contributed by atoms with Gasteiger partial charge in [0.2, 0.25) is 5.91 Å². The van der Waals surface area contributed by atoms with E-state index in [2.05, 4.69) is 16.4 Å². The summed E-state index contributed by atoms with van der Waals surface area (Å²) in [7, 11) is 0. The molecule has 168 valence electrons. The van der Waals surface area contributed by atoms with Crippen LogP contribution in [0.5, 0.6) is 11.5 Å². The van der Waals surface area contributed by atoms with E-state index >= 15 is 0 Å². The Morgan fingerprint density at radius 3 is 2.68 bits per heavy atom. The van der Waals surface area contributed by atoms with Crippen molar-refractivity contribution in [3.63, 3.8) is 0 Å². The third kappa shape index (κ3) is 8.04. The lowest BCUT2D eigenvalue weighted by molar-refractivity contribution is -0.122. The van der Waals surface area contributed by atoms with Crippen molar-refractivity contribution in [3.05, 3.63) is 53.3 Å². The molecule has 1 aromatic heterocycles. The molecule has 6 heteroatoms. The fourth-order valence-electron chi connectivity index (χ4n) is 3.44. The number of carbonyl (C=O) groups excluding carboxylic acids is 2. The molecule has 0 spiro atoms. The number of nitrogens with one attached hydrogen (secondary N) is 1. The number of ketones is 1. The molecule has 2 aromatic rings. The molecule has 1 heterocycles. The number of phenols is 1. The van der Waals surface area contributed by atoms with Gasteiger partial charge in [0.05, 0.1) is 12.2 Å². The Labute approximate surface area is 185 Å². The van der Waals surface area contributed by atoms with Gasteiger partial charge >= 0.3 is 0 Å². The van der Waals surface area contributed by atoms with E-state index < -0.39 is 0 Å². The van der Waals surface area contributed by atoms with Crippen molar-refractivity contribution in [2.75, 3.05) is 13.2 Å². The zero-order chi connectivity index (χ0) is 22.6. The van der Waals surface area contributed by atoms with Gasteiger partial charge in [-0.25, -0.2) is 0 Å². The van der Waals surface area contributed by atoms with Crippen LogP contribution in [0, 0.1) is 5.92 Å². The minimum Gasteiger partial charge on any atom is -0.507 e. The Hall–Kier alpha value is -2.89. The van der Waals surface area contributed by atoms with E-state index in [1.807, 2.05) is 26.1 Å². The number of ether oxygens (including phenoxy) is 1. The molecule has 0 bridgehead atoms. The van der Waals surface area contributed by atoms with Crippen LogP contribution in [0.25, 0.3) is 0 Å². The summed E-state index contributed by atoms with van der Waals surface area (Å²) in [6.45, 7) is 6.43. The summed E-state index contributed by atoms with van der Waals surface area (Å²) in [5.41, 5.74) is 2.18. The summed E-state index contributed by atoms with van der Waals surface area (Å²) in [5, 5.41) is 13.4. The van der Waals surface area contributed by atoms with Gasteiger partial charge < -0.3 is 15.2 Å². The second-order valence-corrected chi connectivity index (χ2v) is 8.03. The van der Waals surface area contributed by atoms with E-state index in [0.717, 1.165) is 25.7 Å². The van der Waals surface area contributed by atoms with E-state index in [1.54, 1.807) is 18.3 Å². The van der Waals surface area contributed by atoms with Crippen LogP contribution in [-0.2, 0) is 17.6 Å². The van der Waals surface area contributed by atoms with Crippen LogP contribution < -0.4 is 10.1 Å². The van der Waals surface area contributed by atoms with Gasteiger partial charge in [0, 0.05) is 30.9 Å². The number of unbranched alkanes of at least 4 members (excludes halogenated alkanes) is 1. The standard InChI is InChI=1S/C25H34N2O4/c1-4-8-22-23(12-11-21(19(3)28)25(22)30)31-17-18(2)15-24(29)27-14-6-5-9-20-10-7-13-26-16-20/h7,10-13,16,18,30H,4-6,8-9,14-15,17H2,1-3H3,(H,27,29). The van der Waals surface area contributed by atoms with Crippen molar-refractivity contribution in [2.24, 2.45) is 5.92 Å². The van der Waals surface area contributed by atoms with E-state index in [-0.39, 0.29) is 23.4 Å². The van der Waals surface area contributed by atoms with Crippen LogP contribution in [0.2, 0.25) is 0 Å². The predicted molar refractivity (Wildman–Crippen MR) is 122 cm³/mol. The zero-order valence-electron chi connectivity index (χ0n) is 18.8. The summed E-state index contributed by atoms with van der Waals surface area (Å²) in [5.74, 6) is 0.447. The number of phenolic OH excluding ortho intramolecular Hbond substituents is 1. The number of carbonyl (C=O) groups is 2. The molecule has 1 aromatic carbocycles. The van der Waals surface area contributed by atoms with Crippen LogP contribution in [-0.4, -0.2) is 34.9 Å². The smallest absolute Gasteiger partial charge is 0.220 e. The first-order valence-corrected chi connectivity index (χ1v) is 11.1. The number of amides is 1. The highest BCUT2D eigenvalue weighted by molar-refractivity contribution is 5.97. The zero-order valence-corrected chi connectivity index (χ0v) is 18.8. The molecule has 1 amide bonds. The molecule has 0 aliphatic heterocycles. The molecule has 0 fully saturated rings. The van der Waals surface area contributed by atoms with Crippen LogP contribution in [0.15, 0.2) is 36.7 Å². The van der Waals surface area contributed by atoms with Crippen LogP contribution in [0.3, 0.4) is 0 Å². The number of Topliss-reactive ketones (excluding diaryl/α,β-unsaturated/α-hetero) is 1. The maximum absolute atomic E-state index is 12.2. The van der Waals surface area contributed by atoms with E-state index in [1.165, 1.54) is 12.5 Å². The Balaban J connectivity index is 1.74. The molecule has 2 rings (SSSR count). The topological polar surface area (TPSA) is 88.5 Å². The van der Waals surface area contributed by atoms with Crippen molar-refractivity contribution in [1.82, 2.24) is 10.3 Å². The summed E-state index contributed by atoms with van der Waals surface area (Å²) >= 11 is 0. The number of rotatable bonds is 13. The van der Waals surface area contributed by atoms with Gasteiger partial charge in [-0.2, -0.15) is 0 Å². The Bertz CT molecular complexity index is 852. The molecular formula is C25H34N2O4. The van der Waals surface area contributed by atoms with E-state index in [9.17, 15) is 14.7 Å². The summed E-state index contributed by atoms with van der Waals surface area (Å²) in [6, 6.07) is 7.32. The van der Waals surface area contributed by atoms with Gasteiger partial charge in [-0.3, -0.25) is 14.6 Å². The highest BCUT2D eigenvalue weighted by Crippen LogP contribution is 2.33. The number of hydrogen-bond donors (Lipinski definition) is 2. The Morgan fingerprint density at radius 1 is 1.19 bits per heavy atom. The maximum atomic E-state index is 12.2. The molecule has 6 nitrogen and oxygen atoms in total. The molecule has 0 radical (unpaired) electrons. The molecule has 0 saturated carbocycles. The van der Waals surface area contributed by atoms with Gasteiger partial charge in [0.25, 0.3) is 0 Å². The largest absolute Gasteiger partial charge is 0.507 e. The van der Waals surface area contributed by atoms with Gasteiger partial charge in [-0.1, -0.05) is 26.3 Å². The van der Waals surface area contributed by atoms with Crippen molar-refractivity contribution in [1.29, 1.82) is 0 Å². The molecule has 1 unspecified atom stereocenters. The average Bonchev–Trinajstić information content (AvgIpc) is 2.74. The lowest BCUT2D eigenvalue weighted by atomic mass is 10.0. The molecule has 0 aliphatic carbocycles. The molecule has 2 N–H and O–H groups in total. The van der Waals surface area contributed by atoms with E-state index in [0.29, 0.717) is 42.9 Å². The fraction of sp³-hybridized carbons (Fsp3) is 0.480. The number of benzene rings is 1. The lowest BCUT2D eigenvalue weighted by Crippen LogP contribution is -2.27. The number of nitrogens with zero attached hydrogens (tertiary/aromatic N) is 1. The average molecular weight is 427 g/mol. The molecule has 1 atom stereocenters. The quantitative estimate of drug-likeness (QED) is 0.364. The van der Waals surface area contributed by atoms with Gasteiger partial charge in [-0.05, 0) is 62.3 Å². The Morgan fingerprint density at radius 2 is 2.00 bits per heavy atom. The van der Waals surface area contributed by atoms with Gasteiger partial charge in [0.1, 0.15) is 11.5 Å². The van der Waals surface area contributed by atoms with Crippen molar-refractivity contribution in [2.45, 2.75) is 59.3 Å². The minimum atomic E-state index is -0.174. The SMILES string of the molecule is CCCc1c(OCC(C)CC(=O)NCCCCc2cccnc2)ccc(C(C)=O)c1O. The van der Waals surface area contributed by atoms with Crippen LogP contribution >= 0.6 is 0 Å². The lowest BCUT2D eigenvalue weighted by Gasteiger charge is -2.17. The monoisotopic (exact) mass is 426 g/mol. The number of aryl methyl sites for hydroxylation is 1. The molecular weight excluding hydrogens is 392 g/mol. The summed E-state index contributed by atoms with van der Waals surface area (Å²) in [6.07, 6.45) is 8.35. The Kier molecular flexibility index (Phi) is 10.0. The summed E-state index contributed by atoms with van der Waals surface area (Å²) < 4.78 is 5.90. The third-order valence-corrected chi connectivity index (χ3v) is 5.11. The van der Waals surface area contributed by atoms with Crippen LogP contribution in [0.1, 0.15) is 67.9 Å². The highest BCUT2D eigenvalue weighted by Gasteiger charge is 2.17. The predicted octanol–water partition coefficient (Wildman–Crippen LogP) is 4.49. The number of pyridine rings is 1. The summed E-state index contributed by atoms with van der Waals surface area (Å²) in [4.78, 5) is 28.0. The minimum absolute atomic E-state index is 0.00327. The number of aromatic hydroxyl groups is 1. The highest BCUT2D eigenvalue weighted by atomic mass is 16.5. The van der Waals surface area contributed by atoms with E-state index in [4.69, 9.17) is 4.74 Å². The second kappa shape index (κ2) is 12.7. The van der Waals surface area contributed by atoms with Crippen molar-refractivity contribution in [3.8, 4) is 11.5 Å². The molecule has 31 heavy (non-hydrogen) atoms. The number of aromatic nitrogens is 1. The van der Waals surface area contributed by atoms with Gasteiger partial charge in [-0.15, -0.1) is 0 Å². The first-order chi connectivity index (χ1) is 14.9. The van der Waals surface area contributed by atoms with Crippen LogP contribution in [0.4, 0.5) is 0 Å². The van der Waals surface area contributed by atoms with Crippen molar-refractivity contribution >= 4 is 11.7 Å². The first-order valence-electron chi connectivity index (χ1n) is 11.1. The van der Waals surface area contributed by atoms with Gasteiger partial charge in [0.15, 0.2) is 5.78 Å². The normalized spacial score (nSPS) is 11.7. The second-order valence-electron chi connectivity index (χ2n) is 8.03. The third-order valence-electron chi connectivity index (χ3n) is 5.11. The maximum Gasteiger partial charge on any atom is 0.220 e. The fourth-order valence-corrected chi connectivity index (χ4v) is 3.44. The van der Waals surface area contributed by atoms with Crippen molar-refractivity contribution < 1.29 is 19.4 Å². The molecule has 0 saturated heterocycles. The molecule has 0 aliphatic rings. The first kappa shape index (κ1) is 24.4.